The topological polar surface area (TPSA) is 58.2 Å². The molecule has 4 nitrogen and oxygen atoms in total. The summed E-state index contributed by atoms with van der Waals surface area (Å²) in [5, 5.41) is 5.67. The van der Waals surface area contributed by atoms with E-state index in [-0.39, 0.29) is 23.0 Å². The third kappa shape index (κ3) is 4.86. The van der Waals surface area contributed by atoms with Crippen LogP contribution in [0.4, 0.5) is 11.4 Å². The Morgan fingerprint density at radius 2 is 1.72 bits per heavy atom. The Morgan fingerprint density at radius 3 is 2.36 bits per heavy atom. The quantitative estimate of drug-likeness (QED) is 0.753. The number of carbonyl (C=O) groups is 2. The van der Waals surface area contributed by atoms with Gasteiger partial charge in [0, 0.05) is 22.2 Å². The molecule has 3 rings (SSSR count). The zero-order chi connectivity index (χ0) is 17.8. The fourth-order valence-electron chi connectivity index (χ4n) is 2.41. The van der Waals surface area contributed by atoms with Gasteiger partial charge in [-0.3, -0.25) is 9.59 Å². The van der Waals surface area contributed by atoms with Gasteiger partial charge in [0.2, 0.25) is 11.8 Å². The van der Waals surface area contributed by atoms with Crippen molar-refractivity contribution < 1.29 is 9.59 Å². The van der Waals surface area contributed by atoms with Gasteiger partial charge < -0.3 is 10.6 Å². The second-order valence-electron chi connectivity index (χ2n) is 6.35. The van der Waals surface area contributed by atoms with Crippen LogP contribution in [0.15, 0.2) is 53.4 Å². The molecule has 25 heavy (non-hydrogen) atoms. The van der Waals surface area contributed by atoms with Crippen LogP contribution in [-0.4, -0.2) is 17.1 Å². The lowest BCUT2D eigenvalue weighted by Crippen LogP contribution is -2.22. The van der Waals surface area contributed by atoms with E-state index in [0.29, 0.717) is 0 Å². The number of nitrogens with one attached hydrogen (secondary N) is 2. The molecule has 1 fully saturated rings. The summed E-state index contributed by atoms with van der Waals surface area (Å²) < 4.78 is 0. The normalized spacial score (nSPS) is 14.6. The Kier molecular flexibility index (Phi) is 5.43. The van der Waals surface area contributed by atoms with Gasteiger partial charge in [-0.25, -0.2) is 0 Å². The minimum atomic E-state index is -0.216. The highest BCUT2D eigenvalue weighted by Gasteiger charge is 2.29. The molecule has 5 heteroatoms. The van der Waals surface area contributed by atoms with Crippen LogP contribution in [0.3, 0.4) is 0 Å². The number of carbonyl (C=O) groups excluding carboxylic acids is 2. The summed E-state index contributed by atoms with van der Waals surface area (Å²) in [6.07, 6.45) is 1.99. The Balaban J connectivity index is 1.54. The molecule has 2 aromatic carbocycles. The van der Waals surface area contributed by atoms with Crippen LogP contribution in [0.5, 0.6) is 0 Å². The van der Waals surface area contributed by atoms with Crippen LogP contribution in [0.1, 0.15) is 25.3 Å². The molecule has 1 atom stereocenters. The van der Waals surface area contributed by atoms with Gasteiger partial charge in [-0.2, -0.15) is 0 Å². The first kappa shape index (κ1) is 17.5. The molecule has 1 saturated carbocycles. The van der Waals surface area contributed by atoms with Crippen molar-refractivity contribution in [3.63, 3.8) is 0 Å². The zero-order valence-corrected chi connectivity index (χ0v) is 15.2. The maximum Gasteiger partial charge on any atom is 0.237 e. The molecule has 0 aromatic heterocycles. The van der Waals surface area contributed by atoms with E-state index in [2.05, 4.69) is 10.6 Å². The van der Waals surface area contributed by atoms with Gasteiger partial charge in [0.15, 0.2) is 0 Å². The fraction of sp³-hybridized carbons (Fsp3) is 0.300. The number of rotatable bonds is 6. The van der Waals surface area contributed by atoms with E-state index in [1.807, 2.05) is 62.4 Å². The monoisotopic (exact) mass is 354 g/mol. The van der Waals surface area contributed by atoms with E-state index in [1.54, 1.807) is 0 Å². The molecule has 1 unspecified atom stereocenters. The highest BCUT2D eigenvalue weighted by molar-refractivity contribution is 8.00. The van der Waals surface area contributed by atoms with Crippen LogP contribution >= 0.6 is 11.8 Å². The van der Waals surface area contributed by atoms with Gasteiger partial charge in [-0.05, 0) is 62.6 Å². The molecule has 0 heterocycles. The summed E-state index contributed by atoms with van der Waals surface area (Å²) in [6, 6.07) is 15.4. The van der Waals surface area contributed by atoms with Crippen molar-refractivity contribution in [2.45, 2.75) is 36.8 Å². The average molecular weight is 354 g/mol. The first-order chi connectivity index (χ1) is 12.0. The molecule has 1 aliphatic rings. The van der Waals surface area contributed by atoms with Crippen LogP contribution in [0.25, 0.3) is 0 Å². The highest BCUT2D eigenvalue weighted by atomic mass is 32.2. The van der Waals surface area contributed by atoms with Crippen LogP contribution in [0.2, 0.25) is 0 Å². The predicted molar refractivity (Wildman–Crippen MR) is 103 cm³/mol. The van der Waals surface area contributed by atoms with Crippen LogP contribution in [-0.2, 0) is 9.59 Å². The van der Waals surface area contributed by atoms with E-state index < -0.39 is 0 Å². The Bertz CT molecular complexity index is 770. The molecular weight excluding hydrogens is 332 g/mol. The molecule has 0 radical (unpaired) electrons. The molecule has 0 bridgehead atoms. The van der Waals surface area contributed by atoms with Crippen molar-refractivity contribution in [2.75, 3.05) is 10.6 Å². The molecule has 2 N–H and O–H groups in total. The van der Waals surface area contributed by atoms with Gasteiger partial charge in [-0.15, -0.1) is 11.8 Å². The van der Waals surface area contributed by atoms with Gasteiger partial charge >= 0.3 is 0 Å². The third-order valence-electron chi connectivity index (χ3n) is 4.16. The Morgan fingerprint density at radius 1 is 1.04 bits per heavy atom. The molecular formula is C20H22N2O2S. The van der Waals surface area contributed by atoms with Crippen LogP contribution in [0, 0.1) is 12.8 Å². The second kappa shape index (κ2) is 7.74. The maximum atomic E-state index is 12.4. The van der Waals surface area contributed by atoms with Crippen molar-refractivity contribution in [1.82, 2.24) is 0 Å². The van der Waals surface area contributed by atoms with Crippen molar-refractivity contribution in [1.29, 1.82) is 0 Å². The van der Waals surface area contributed by atoms with E-state index in [4.69, 9.17) is 0 Å². The molecule has 0 spiro atoms. The number of para-hydroxylation sites is 1. The first-order valence-electron chi connectivity index (χ1n) is 8.47. The Hall–Kier alpha value is -2.27. The van der Waals surface area contributed by atoms with Crippen molar-refractivity contribution in [3.05, 3.63) is 54.1 Å². The number of aryl methyl sites for hydroxylation is 1. The lowest BCUT2D eigenvalue weighted by Gasteiger charge is -2.14. The SMILES string of the molecule is Cc1ccccc1NC(=O)C(C)Sc1ccc(NC(=O)C2CC2)cc1. The summed E-state index contributed by atoms with van der Waals surface area (Å²) in [5.74, 6) is 0.274. The molecule has 0 aliphatic heterocycles. The van der Waals surface area contributed by atoms with Crippen molar-refractivity contribution in [3.8, 4) is 0 Å². The lowest BCUT2D eigenvalue weighted by atomic mass is 10.2. The summed E-state index contributed by atoms with van der Waals surface area (Å²) in [7, 11) is 0. The van der Waals surface area contributed by atoms with Crippen molar-refractivity contribution >= 4 is 35.0 Å². The van der Waals surface area contributed by atoms with E-state index >= 15 is 0 Å². The molecule has 1 aliphatic carbocycles. The standard InChI is InChI=1S/C20H22N2O2S/c1-13-5-3-4-6-18(13)22-19(23)14(2)25-17-11-9-16(10-12-17)21-20(24)15-7-8-15/h3-6,9-12,14-15H,7-8H2,1-2H3,(H,21,24)(H,22,23). The number of hydrogen-bond acceptors (Lipinski definition) is 3. The number of amides is 2. The smallest absolute Gasteiger partial charge is 0.237 e. The molecule has 130 valence electrons. The molecule has 2 amide bonds. The van der Waals surface area contributed by atoms with E-state index in [1.165, 1.54) is 11.8 Å². The maximum absolute atomic E-state index is 12.4. The molecule has 0 saturated heterocycles. The number of anilines is 2. The van der Waals surface area contributed by atoms with E-state index in [9.17, 15) is 9.59 Å². The van der Waals surface area contributed by atoms with Gasteiger partial charge in [0.1, 0.15) is 0 Å². The summed E-state index contributed by atoms with van der Waals surface area (Å²) >= 11 is 1.50. The van der Waals surface area contributed by atoms with Crippen molar-refractivity contribution in [2.24, 2.45) is 5.92 Å². The van der Waals surface area contributed by atoms with Gasteiger partial charge in [0.25, 0.3) is 0 Å². The number of hydrogen-bond donors (Lipinski definition) is 2. The number of thioether (sulfide) groups is 1. The highest BCUT2D eigenvalue weighted by Crippen LogP contribution is 2.31. The average Bonchev–Trinajstić information content (AvgIpc) is 3.43. The minimum absolute atomic E-state index is 0.0228. The largest absolute Gasteiger partial charge is 0.326 e. The van der Waals surface area contributed by atoms with Gasteiger partial charge in [0.05, 0.1) is 5.25 Å². The summed E-state index contributed by atoms with van der Waals surface area (Å²) in [6.45, 7) is 3.86. The van der Waals surface area contributed by atoms with Gasteiger partial charge in [-0.1, -0.05) is 18.2 Å². The third-order valence-corrected chi connectivity index (χ3v) is 5.27. The van der Waals surface area contributed by atoms with E-state index in [0.717, 1.165) is 34.7 Å². The summed E-state index contributed by atoms with van der Waals surface area (Å²) in [5.41, 5.74) is 2.69. The summed E-state index contributed by atoms with van der Waals surface area (Å²) in [4.78, 5) is 25.1. The second-order valence-corrected chi connectivity index (χ2v) is 7.77. The zero-order valence-electron chi connectivity index (χ0n) is 14.4. The molecule has 2 aromatic rings. The fourth-order valence-corrected chi connectivity index (χ4v) is 3.28. The van der Waals surface area contributed by atoms with Crippen LogP contribution < -0.4 is 10.6 Å². The minimum Gasteiger partial charge on any atom is -0.326 e. The number of benzene rings is 2. The Labute approximate surface area is 152 Å². The lowest BCUT2D eigenvalue weighted by molar-refractivity contribution is -0.117. The first-order valence-corrected chi connectivity index (χ1v) is 9.35. The predicted octanol–water partition coefficient (Wildman–Crippen LogP) is 4.46.